The molecule has 1 N–H and O–H groups in total. The summed E-state index contributed by atoms with van der Waals surface area (Å²) in [5.74, 6) is 0.943. The molecule has 0 saturated carbocycles. The summed E-state index contributed by atoms with van der Waals surface area (Å²) in [7, 11) is 0. The molecule has 3 rings (SSSR count). The maximum absolute atomic E-state index is 5.49. The monoisotopic (exact) mass is 304 g/mol. The number of hydrogen-bond donors (Lipinski definition) is 1. The standard InChI is InChI=1S/C15H20N4OS/c1-2-20-11-5-8-16-15(21)19-10-9-18-13-7-4-3-6-12(13)17-14(18)19/h3-4,6-7H,2,5,8-11H2,1H3,(H,16,21). The third kappa shape index (κ3) is 2.87. The largest absolute Gasteiger partial charge is 0.382 e. The maximum Gasteiger partial charge on any atom is 0.213 e. The molecule has 1 aromatic carbocycles. The van der Waals surface area contributed by atoms with Gasteiger partial charge in [0.05, 0.1) is 11.0 Å². The van der Waals surface area contributed by atoms with Crippen molar-refractivity contribution < 1.29 is 4.74 Å². The first-order valence-corrected chi connectivity index (χ1v) is 7.80. The molecule has 5 nitrogen and oxygen atoms in total. The van der Waals surface area contributed by atoms with E-state index in [1.165, 1.54) is 5.52 Å². The average molecular weight is 304 g/mol. The Morgan fingerprint density at radius 1 is 1.38 bits per heavy atom. The van der Waals surface area contributed by atoms with E-state index in [0.29, 0.717) is 0 Å². The molecule has 1 aliphatic rings. The number of nitrogens with one attached hydrogen (secondary N) is 1. The summed E-state index contributed by atoms with van der Waals surface area (Å²) < 4.78 is 7.55. The molecule has 0 amide bonds. The highest BCUT2D eigenvalue weighted by Crippen LogP contribution is 2.26. The first kappa shape index (κ1) is 14.3. The molecule has 2 heterocycles. The van der Waals surface area contributed by atoms with Crippen LogP contribution in [0.1, 0.15) is 13.3 Å². The minimum absolute atomic E-state index is 0.751. The minimum Gasteiger partial charge on any atom is -0.382 e. The molecular formula is C15H20N4OS. The summed E-state index contributed by atoms with van der Waals surface area (Å²) in [4.78, 5) is 6.77. The molecular weight excluding hydrogens is 284 g/mol. The molecule has 6 heteroatoms. The van der Waals surface area contributed by atoms with E-state index in [4.69, 9.17) is 21.9 Å². The van der Waals surface area contributed by atoms with Crippen molar-refractivity contribution in [1.29, 1.82) is 0 Å². The summed E-state index contributed by atoms with van der Waals surface area (Å²) in [6, 6.07) is 8.20. The van der Waals surface area contributed by atoms with E-state index >= 15 is 0 Å². The lowest BCUT2D eigenvalue weighted by atomic mass is 10.3. The van der Waals surface area contributed by atoms with Gasteiger partial charge in [-0.05, 0) is 37.7 Å². The molecule has 0 atom stereocenters. The van der Waals surface area contributed by atoms with Gasteiger partial charge in [-0.3, -0.25) is 4.90 Å². The summed E-state index contributed by atoms with van der Waals surface area (Å²) in [5, 5.41) is 4.04. The van der Waals surface area contributed by atoms with E-state index in [0.717, 1.165) is 55.8 Å². The van der Waals surface area contributed by atoms with Gasteiger partial charge in [-0.25, -0.2) is 4.98 Å². The van der Waals surface area contributed by atoms with Gasteiger partial charge in [0.15, 0.2) is 5.11 Å². The lowest BCUT2D eigenvalue weighted by molar-refractivity contribution is 0.146. The van der Waals surface area contributed by atoms with Crippen LogP contribution < -0.4 is 10.2 Å². The second kappa shape index (κ2) is 6.41. The highest BCUT2D eigenvalue weighted by Gasteiger charge is 2.25. The Morgan fingerprint density at radius 2 is 2.24 bits per heavy atom. The van der Waals surface area contributed by atoms with Crippen LogP contribution in [0.5, 0.6) is 0 Å². The van der Waals surface area contributed by atoms with Gasteiger partial charge in [0, 0.05) is 32.8 Å². The molecule has 0 spiro atoms. The summed E-state index contributed by atoms with van der Waals surface area (Å²) in [5.41, 5.74) is 2.20. The first-order valence-electron chi connectivity index (χ1n) is 7.39. The molecule has 0 fully saturated rings. The van der Waals surface area contributed by atoms with Gasteiger partial charge in [-0.15, -0.1) is 0 Å². The smallest absolute Gasteiger partial charge is 0.213 e. The number of anilines is 1. The van der Waals surface area contributed by atoms with E-state index in [1.807, 2.05) is 25.1 Å². The normalized spacial score (nSPS) is 13.7. The number of thiocarbonyl (C=S) groups is 1. The lowest BCUT2D eigenvalue weighted by Gasteiger charge is -2.18. The highest BCUT2D eigenvalue weighted by molar-refractivity contribution is 7.80. The molecule has 0 saturated heterocycles. The van der Waals surface area contributed by atoms with Crippen molar-refractivity contribution in [2.75, 3.05) is 31.2 Å². The SMILES string of the molecule is CCOCCCNC(=S)N1CCn2c1nc1ccccc12. The lowest BCUT2D eigenvalue weighted by Crippen LogP contribution is -2.39. The number of fused-ring (bicyclic) bond motifs is 3. The van der Waals surface area contributed by atoms with E-state index in [2.05, 4.69) is 20.9 Å². The van der Waals surface area contributed by atoms with Crippen LogP contribution in [0.2, 0.25) is 0 Å². The van der Waals surface area contributed by atoms with Gasteiger partial charge < -0.3 is 14.6 Å². The van der Waals surface area contributed by atoms with Crippen LogP contribution in [-0.4, -0.2) is 41.0 Å². The molecule has 1 aromatic heterocycles. The van der Waals surface area contributed by atoms with Crippen LogP contribution in [0.4, 0.5) is 5.95 Å². The van der Waals surface area contributed by atoms with Gasteiger partial charge in [0.2, 0.25) is 5.95 Å². The van der Waals surface area contributed by atoms with Gasteiger partial charge in [0.1, 0.15) is 0 Å². The number of aromatic nitrogens is 2. The van der Waals surface area contributed by atoms with Crippen LogP contribution in [0, 0.1) is 0 Å². The molecule has 0 radical (unpaired) electrons. The molecule has 21 heavy (non-hydrogen) atoms. The summed E-state index contributed by atoms with van der Waals surface area (Å²) in [6.07, 6.45) is 0.957. The Balaban J connectivity index is 1.65. The van der Waals surface area contributed by atoms with Gasteiger partial charge in [-0.2, -0.15) is 0 Å². The van der Waals surface area contributed by atoms with Crippen LogP contribution in [0.3, 0.4) is 0 Å². The topological polar surface area (TPSA) is 42.3 Å². The molecule has 1 aliphatic heterocycles. The van der Waals surface area contributed by atoms with Crippen molar-refractivity contribution in [3.05, 3.63) is 24.3 Å². The second-order valence-electron chi connectivity index (χ2n) is 4.99. The predicted molar refractivity (Wildman–Crippen MR) is 88.8 cm³/mol. The fourth-order valence-electron chi connectivity index (χ4n) is 2.59. The maximum atomic E-state index is 5.49. The van der Waals surface area contributed by atoms with Gasteiger partial charge >= 0.3 is 0 Å². The van der Waals surface area contributed by atoms with E-state index in [-0.39, 0.29) is 0 Å². The predicted octanol–water partition coefficient (Wildman–Crippen LogP) is 2.16. The molecule has 2 aromatic rings. The van der Waals surface area contributed by atoms with E-state index < -0.39 is 0 Å². The van der Waals surface area contributed by atoms with Crippen molar-refractivity contribution in [3.8, 4) is 0 Å². The molecule has 0 unspecified atom stereocenters. The van der Waals surface area contributed by atoms with Crippen molar-refractivity contribution in [2.45, 2.75) is 19.9 Å². The number of benzene rings is 1. The Morgan fingerprint density at radius 3 is 3.10 bits per heavy atom. The Kier molecular flexibility index (Phi) is 4.36. The number of ether oxygens (including phenoxy) is 1. The third-order valence-corrected chi connectivity index (χ3v) is 3.98. The van der Waals surface area contributed by atoms with Crippen molar-refractivity contribution in [1.82, 2.24) is 14.9 Å². The zero-order valence-electron chi connectivity index (χ0n) is 12.2. The third-order valence-electron chi connectivity index (χ3n) is 3.61. The van der Waals surface area contributed by atoms with E-state index in [9.17, 15) is 0 Å². The van der Waals surface area contributed by atoms with Crippen molar-refractivity contribution in [2.24, 2.45) is 0 Å². The van der Waals surface area contributed by atoms with Crippen molar-refractivity contribution in [3.63, 3.8) is 0 Å². The van der Waals surface area contributed by atoms with Crippen LogP contribution in [-0.2, 0) is 11.3 Å². The second-order valence-corrected chi connectivity index (χ2v) is 5.37. The number of imidazole rings is 1. The van der Waals surface area contributed by atoms with Crippen LogP contribution >= 0.6 is 12.2 Å². The van der Waals surface area contributed by atoms with Crippen LogP contribution in [0.25, 0.3) is 11.0 Å². The van der Waals surface area contributed by atoms with Gasteiger partial charge in [0.25, 0.3) is 0 Å². The summed E-state index contributed by atoms with van der Waals surface area (Å²) in [6.45, 7) is 6.18. The molecule has 0 bridgehead atoms. The van der Waals surface area contributed by atoms with E-state index in [1.54, 1.807) is 0 Å². The average Bonchev–Trinajstić information content (AvgIpc) is 3.05. The Bertz CT molecular complexity index is 640. The van der Waals surface area contributed by atoms with Crippen LogP contribution in [0.15, 0.2) is 24.3 Å². The number of para-hydroxylation sites is 2. The Hall–Kier alpha value is -1.66. The minimum atomic E-state index is 0.751. The number of hydrogen-bond acceptors (Lipinski definition) is 3. The Labute approximate surface area is 129 Å². The zero-order valence-corrected chi connectivity index (χ0v) is 13.0. The van der Waals surface area contributed by atoms with Gasteiger partial charge in [-0.1, -0.05) is 12.1 Å². The summed E-state index contributed by atoms with van der Waals surface area (Å²) >= 11 is 5.49. The van der Waals surface area contributed by atoms with Crippen molar-refractivity contribution >= 4 is 34.3 Å². The quantitative estimate of drug-likeness (QED) is 0.677. The first-order chi connectivity index (χ1) is 10.3. The molecule has 0 aliphatic carbocycles. The number of nitrogens with zero attached hydrogens (tertiary/aromatic N) is 3. The highest BCUT2D eigenvalue weighted by atomic mass is 32.1. The fraction of sp³-hybridized carbons (Fsp3) is 0.467. The molecule has 112 valence electrons. The number of rotatable bonds is 5. The fourth-order valence-corrected chi connectivity index (χ4v) is 2.87. The zero-order chi connectivity index (χ0) is 14.7.